The third kappa shape index (κ3) is 3.80. The number of halogens is 2. The highest BCUT2D eigenvalue weighted by molar-refractivity contribution is 5.78. The lowest BCUT2D eigenvalue weighted by Crippen LogP contribution is -2.53. The molecule has 1 aliphatic rings. The molecule has 1 rings (SSSR count). The molecule has 116 valence electrons. The Labute approximate surface area is 117 Å². The van der Waals surface area contributed by atoms with Crippen LogP contribution in [0.25, 0.3) is 0 Å². The van der Waals surface area contributed by atoms with Gasteiger partial charge in [-0.25, -0.2) is 13.6 Å². The first-order chi connectivity index (χ1) is 9.32. The SMILES string of the molecule is CCCC1(C(=O)O)CCCN(C(=O)N(C)CC(F)F)C1. The van der Waals surface area contributed by atoms with Crippen molar-refractivity contribution in [2.45, 2.75) is 39.0 Å². The van der Waals surface area contributed by atoms with E-state index in [0.717, 1.165) is 4.90 Å². The van der Waals surface area contributed by atoms with Gasteiger partial charge in [0.25, 0.3) is 6.43 Å². The molecule has 0 aromatic rings. The molecule has 0 spiro atoms. The highest BCUT2D eigenvalue weighted by Crippen LogP contribution is 2.35. The number of aliphatic carboxylic acids is 1. The van der Waals surface area contributed by atoms with Crippen LogP contribution in [0.15, 0.2) is 0 Å². The van der Waals surface area contributed by atoms with Gasteiger partial charge < -0.3 is 14.9 Å². The minimum atomic E-state index is -2.59. The molecule has 1 N–H and O–H groups in total. The van der Waals surface area contributed by atoms with Crippen LogP contribution in [0.1, 0.15) is 32.6 Å². The lowest BCUT2D eigenvalue weighted by Gasteiger charge is -2.41. The van der Waals surface area contributed by atoms with E-state index in [0.29, 0.717) is 32.2 Å². The van der Waals surface area contributed by atoms with Gasteiger partial charge in [0.1, 0.15) is 0 Å². The average Bonchev–Trinajstić information content (AvgIpc) is 2.37. The van der Waals surface area contributed by atoms with E-state index in [9.17, 15) is 23.5 Å². The molecule has 1 unspecified atom stereocenters. The summed E-state index contributed by atoms with van der Waals surface area (Å²) >= 11 is 0. The zero-order valence-corrected chi connectivity index (χ0v) is 11.9. The normalized spacial score (nSPS) is 22.9. The quantitative estimate of drug-likeness (QED) is 0.845. The van der Waals surface area contributed by atoms with Crippen LogP contribution < -0.4 is 0 Å². The number of hydrogen-bond acceptors (Lipinski definition) is 2. The van der Waals surface area contributed by atoms with E-state index in [1.54, 1.807) is 0 Å². The van der Waals surface area contributed by atoms with E-state index in [-0.39, 0.29) is 6.54 Å². The Morgan fingerprint density at radius 2 is 2.10 bits per heavy atom. The number of nitrogens with zero attached hydrogens (tertiary/aromatic N) is 2. The van der Waals surface area contributed by atoms with Gasteiger partial charge in [-0.2, -0.15) is 0 Å². The first-order valence-corrected chi connectivity index (χ1v) is 6.84. The number of alkyl halides is 2. The van der Waals surface area contributed by atoms with Gasteiger partial charge in [-0.1, -0.05) is 13.3 Å². The molecule has 5 nitrogen and oxygen atoms in total. The van der Waals surface area contributed by atoms with Crippen molar-refractivity contribution in [1.82, 2.24) is 9.80 Å². The molecule has 0 aromatic carbocycles. The number of piperidine rings is 1. The maximum Gasteiger partial charge on any atom is 0.319 e. The second-order valence-electron chi connectivity index (χ2n) is 5.41. The number of rotatable bonds is 5. The second kappa shape index (κ2) is 6.85. The largest absolute Gasteiger partial charge is 0.481 e. The first-order valence-electron chi connectivity index (χ1n) is 6.84. The van der Waals surface area contributed by atoms with Crippen LogP contribution in [-0.2, 0) is 4.79 Å². The zero-order valence-electron chi connectivity index (χ0n) is 11.9. The number of amides is 2. The number of carbonyl (C=O) groups excluding carboxylic acids is 1. The Kier molecular flexibility index (Phi) is 5.71. The predicted octanol–water partition coefficient (Wildman–Crippen LogP) is 2.27. The molecule has 1 fully saturated rings. The number of urea groups is 1. The Morgan fingerprint density at radius 1 is 1.45 bits per heavy atom. The minimum absolute atomic E-state index is 0.0998. The molecule has 1 aliphatic heterocycles. The third-order valence-corrected chi connectivity index (χ3v) is 3.77. The topological polar surface area (TPSA) is 60.9 Å². The molecule has 7 heteroatoms. The van der Waals surface area contributed by atoms with Crippen molar-refractivity contribution in [1.29, 1.82) is 0 Å². The maximum absolute atomic E-state index is 12.3. The van der Waals surface area contributed by atoms with Gasteiger partial charge in [-0.15, -0.1) is 0 Å². The summed E-state index contributed by atoms with van der Waals surface area (Å²) in [5.74, 6) is -0.909. The van der Waals surface area contributed by atoms with E-state index in [2.05, 4.69) is 0 Å². The Hall–Kier alpha value is -1.40. The van der Waals surface area contributed by atoms with Gasteiger partial charge in [-0.05, 0) is 19.3 Å². The Bertz CT molecular complexity index is 362. The second-order valence-corrected chi connectivity index (χ2v) is 5.41. The molecule has 0 aliphatic carbocycles. The summed E-state index contributed by atoms with van der Waals surface area (Å²) in [5, 5.41) is 9.43. The van der Waals surface area contributed by atoms with Crippen LogP contribution in [0.4, 0.5) is 13.6 Å². The third-order valence-electron chi connectivity index (χ3n) is 3.77. The van der Waals surface area contributed by atoms with Crippen LogP contribution in [0.5, 0.6) is 0 Å². The Morgan fingerprint density at radius 3 is 2.60 bits per heavy atom. The van der Waals surface area contributed by atoms with E-state index in [1.165, 1.54) is 11.9 Å². The van der Waals surface area contributed by atoms with Crippen LogP contribution in [0, 0.1) is 5.41 Å². The number of carboxylic acids is 1. The highest BCUT2D eigenvalue weighted by Gasteiger charge is 2.43. The first kappa shape index (κ1) is 16.7. The fraction of sp³-hybridized carbons (Fsp3) is 0.846. The lowest BCUT2D eigenvalue weighted by atomic mass is 9.76. The van der Waals surface area contributed by atoms with Gasteiger partial charge in [0.05, 0.1) is 12.0 Å². The molecule has 0 saturated carbocycles. The van der Waals surface area contributed by atoms with Crippen molar-refractivity contribution in [3.05, 3.63) is 0 Å². The smallest absolute Gasteiger partial charge is 0.319 e. The van der Waals surface area contributed by atoms with Crippen molar-refractivity contribution in [3.63, 3.8) is 0 Å². The number of hydrogen-bond donors (Lipinski definition) is 1. The van der Waals surface area contributed by atoms with Crippen molar-refractivity contribution in [2.75, 3.05) is 26.7 Å². The van der Waals surface area contributed by atoms with Crippen LogP contribution in [-0.4, -0.2) is 60.0 Å². The van der Waals surface area contributed by atoms with Gasteiger partial charge in [0.2, 0.25) is 0 Å². The molecule has 1 saturated heterocycles. The summed E-state index contributed by atoms with van der Waals surface area (Å²) in [5.41, 5.74) is -0.936. The fourth-order valence-corrected chi connectivity index (χ4v) is 2.79. The standard InChI is InChI=1S/C13H22F2N2O3/c1-3-5-13(11(18)19)6-4-7-17(9-13)12(20)16(2)8-10(14)15/h10H,3-9H2,1-2H3,(H,18,19). The molecule has 0 aromatic heterocycles. The van der Waals surface area contributed by atoms with E-state index in [4.69, 9.17) is 0 Å². The minimum Gasteiger partial charge on any atom is -0.481 e. The summed E-state index contributed by atoms with van der Waals surface area (Å²) in [6.45, 7) is 1.78. The van der Waals surface area contributed by atoms with Crippen LogP contribution >= 0.6 is 0 Å². The van der Waals surface area contributed by atoms with Crippen LogP contribution in [0.2, 0.25) is 0 Å². The number of carbonyl (C=O) groups is 2. The summed E-state index contributed by atoms with van der Waals surface area (Å²) < 4.78 is 24.6. The monoisotopic (exact) mass is 292 g/mol. The molecule has 1 atom stereocenters. The van der Waals surface area contributed by atoms with Crippen molar-refractivity contribution >= 4 is 12.0 Å². The lowest BCUT2D eigenvalue weighted by molar-refractivity contribution is -0.152. The predicted molar refractivity (Wildman–Crippen MR) is 69.8 cm³/mol. The molecular weight excluding hydrogens is 270 g/mol. The van der Waals surface area contributed by atoms with Gasteiger partial charge >= 0.3 is 12.0 Å². The summed E-state index contributed by atoms with van der Waals surface area (Å²) in [4.78, 5) is 25.9. The molecule has 0 radical (unpaired) electrons. The zero-order chi connectivity index (χ0) is 15.3. The fourth-order valence-electron chi connectivity index (χ4n) is 2.79. The number of carboxylic acid groups (broad SMARTS) is 1. The van der Waals surface area contributed by atoms with Crippen molar-refractivity contribution < 1.29 is 23.5 Å². The van der Waals surface area contributed by atoms with Gasteiger partial charge in [0.15, 0.2) is 0 Å². The van der Waals surface area contributed by atoms with Gasteiger partial charge in [0, 0.05) is 20.1 Å². The van der Waals surface area contributed by atoms with Gasteiger partial charge in [-0.3, -0.25) is 4.79 Å². The molecular formula is C13H22F2N2O3. The molecule has 20 heavy (non-hydrogen) atoms. The van der Waals surface area contributed by atoms with Crippen molar-refractivity contribution in [3.8, 4) is 0 Å². The summed E-state index contributed by atoms with van der Waals surface area (Å²) in [7, 11) is 1.31. The average molecular weight is 292 g/mol. The summed E-state index contributed by atoms with van der Waals surface area (Å²) in [6, 6.07) is -0.522. The Balaban J connectivity index is 2.77. The van der Waals surface area contributed by atoms with E-state index in [1.807, 2.05) is 6.92 Å². The maximum atomic E-state index is 12.3. The summed E-state index contributed by atoms with van der Waals surface area (Å²) in [6.07, 6.45) is -0.279. The van der Waals surface area contributed by atoms with E-state index >= 15 is 0 Å². The van der Waals surface area contributed by atoms with Crippen molar-refractivity contribution in [2.24, 2.45) is 5.41 Å². The van der Waals surface area contributed by atoms with Crippen LogP contribution in [0.3, 0.4) is 0 Å². The molecule has 1 heterocycles. The molecule has 0 bridgehead atoms. The van der Waals surface area contributed by atoms with E-state index < -0.39 is 30.4 Å². The molecule has 2 amide bonds. The number of likely N-dealkylation sites (tertiary alicyclic amines) is 1. The highest BCUT2D eigenvalue weighted by atomic mass is 19.3.